The second-order valence-corrected chi connectivity index (χ2v) is 9.80. The van der Waals surface area contributed by atoms with Crippen LogP contribution in [-0.4, -0.2) is 9.13 Å². The van der Waals surface area contributed by atoms with Crippen molar-refractivity contribution in [3.05, 3.63) is 145 Å². The molecule has 2 heteroatoms. The number of benzene rings is 4. The molecule has 0 aliphatic carbocycles. The van der Waals surface area contributed by atoms with Gasteiger partial charge in [-0.05, 0) is 73.5 Å². The predicted octanol–water partition coefficient (Wildman–Crippen LogP) is 10.6. The van der Waals surface area contributed by atoms with Gasteiger partial charge in [-0.15, -0.1) is 0 Å². The maximum absolute atomic E-state index is 4.08. The lowest BCUT2D eigenvalue weighted by molar-refractivity contribution is 1.04. The Balaban J connectivity index is 1.40. The molecule has 0 aliphatic rings. The third-order valence-electron chi connectivity index (χ3n) is 7.55. The predicted molar refractivity (Wildman–Crippen MR) is 175 cm³/mol. The summed E-state index contributed by atoms with van der Waals surface area (Å²) in [4.78, 5) is 0. The molecule has 0 saturated carbocycles. The zero-order chi connectivity index (χ0) is 27.6. The fraction of sp³-hybridized carbons (Fsp3) is 0.0526. The van der Waals surface area contributed by atoms with E-state index in [4.69, 9.17) is 0 Å². The van der Waals surface area contributed by atoms with Crippen molar-refractivity contribution < 1.29 is 0 Å². The highest BCUT2D eigenvalue weighted by atomic mass is 15.0. The van der Waals surface area contributed by atoms with Crippen LogP contribution >= 0.6 is 0 Å². The standard InChI is InChI=1S/C38H32N2/c1-5-13-35-31(7-3)32(8-4)36(14-6-2)39(35)29-23-19-27(20-24-29)28-21-25-30(26-22-28)40-37-17-11-9-15-33(37)34-16-10-12-18-38(34)40/h5-26H,3-4H2,1-2H3/b13-5-,14-6-. The van der Waals surface area contributed by atoms with E-state index < -0.39 is 0 Å². The maximum atomic E-state index is 4.08. The SMILES string of the molecule is C=Cc1c(C=C)c(/C=C\C)n(-c2ccc(-c3ccc(-n4c5ccccc5c5ccccc54)cc3)cc2)c1/C=C\C. The van der Waals surface area contributed by atoms with Gasteiger partial charge in [0.2, 0.25) is 0 Å². The lowest BCUT2D eigenvalue weighted by Crippen LogP contribution is -2.00. The van der Waals surface area contributed by atoms with Gasteiger partial charge >= 0.3 is 0 Å². The average Bonchev–Trinajstić information content (AvgIpc) is 3.49. The van der Waals surface area contributed by atoms with Crippen LogP contribution in [0.2, 0.25) is 0 Å². The van der Waals surface area contributed by atoms with E-state index >= 15 is 0 Å². The summed E-state index contributed by atoms with van der Waals surface area (Å²) in [7, 11) is 0. The molecule has 0 spiro atoms. The van der Waals surface area contributed by atoms with E-state index in [9.17, 15) is 0 Å². The Morgan fingerprint density at radius 3 is 1.30 bits per heavy atom. The van der Waals surface area contributed by atoms with Crippen LogP contribution in [-0.2, 0) is 0 Å². The highest BCUT2D eigenvalue weighted by Gasteiger charge is 2.17. The first-order chi connectivity index (χ1) is 19.7. The number of hydrogen-bond donors (Lipinski definition) is 0. The number of fused-ring (bicyclic) bond motifs is 3. The summed E-state index contributed by atoms with van der Waals surface area (Å²) in [6.07, 6.45) is 12.2. The van der Waals surface area contributed by atoms with Crippen molar-refractivity contribution in [1.82, 2.24) is 9.13 Å². The zero-order valence-corrected chi connectivity index (χ0v) is 23.0. The zero-order valence-electron chi connectivity index (χ0n) is 23.0. The molecule has 0 fully saturated rings. The minimum Gasteiger partial charge on any atom is -0.309 e. The van der Waals surface area contributed by atoms with Crippen molar-refractivity contribution in [2.45, 2.75) is 13.8 Å². The normalized spacial score (nSPS) is 11.8. The molecule has 2 heterocycles. The Morgan fingerprint density at radius 2 is 0.900 bits per heavy atom. The maximum Gasteiger partial charge on any atom is 0.0541 e. The fourth-order valence-electron chi connectivity index (χ4n) is 5.80. The molecule has 2 nitrogen and oxygen atoms in total. The third-order valence-corrected chi connectivity index (χ3v) is 7.55. The van der Waals surface area contributed by atoms with E-state index in [1.165, 1.54) is 32.9 Å². The third kappa shape index (κ3) is 4.06. The van der Waals surface area contributed by atoms with E-state index in [0.717, 1.165) is 33.9 Å². The average molecular weight is 517 g/mol. The fourth-order valence-corrected chi connectivity index (χ4v) is 5.80. The molecule has 0 atom stereocenters. The first-order valence-electron chi connectivity index (χ1n) is 13.7. The molecule has 194 valence electrons. The first-order valence-corrected chi connectivity index (χ1v) is 13.7. The molecule has 0 N–H and O–H groups in total. The molecular weight excluding hydrogens is 484 g/mol. The minimum absolute atomic E-state index is 1.09. The van der Waals surface area contributed by atoms with Gasteiger partial charge < -0.3 is 9.13 Å². The molecule has 0 unspecified atom stereocenters. The smallest absolute Gasteiger partial charge is 0.0541 e. The summed E-state index contributed by atoms with van der Waals surface area (Å²) < 4.78 is 4.63. The Hall–Kier alpha value is -5.08. The van der Waals surface area contributed by atoms with Gasteiger partial charge in [0.25, 0.3) is 0 Å². The number of allylic oxidation sites excluding steroid dienone is 2. The quantitative estimate of drug-likeness (QED) is 0.200. The summed E-state index contributed by atoms with van der Waals surface area (Å²) in [5.41, 5.74) is 11.4. The van der Waals surface area contributed by atoms with Crippen LogP contribution in [0.25, 0.3) is 68.6 Å². The number of aromatic nitrogens is 2. The molecular formula is C38H32N2. The van der Waals surface area contributed by atoms with Crippen LogP contribution < -0.4 is 0 Å². The number of para-hydroxylation sites is 2. The molecule has 4 aromatic carbocycles. The molecule has 0 bridgehead atoms. The highest BCUT2D eigenvalue weighted by molar-refractivity contribution is 6.09. The summed E-state index contributed by atoms with van der Waals surface area (Å²) in [6, 6.07) is 34.9. The number of nitrogens with zero attached hydrogens (tertiary/aromatic N) is 2. The molecule has 0 amide bonds. The van der Waals surface area contributed by atoms with Crippen LogP contribution in [0.1, 0.15) is 36.4 Å². The van der Waals surface area contributed by atoms with E-state index in [2.05, 4.69) is 144 Å². The monoisotopic (exact) mass is 516 g/mol. The molecule has 0 aliphatic heterocycles. The number of rotatable bonds is 7. The summed E-state index contributed by atoms with van der Waals surface area (Å²) >= 11 is 0. The van der Waals surface area contributed by atoms with Crippen molar-refractivity contribution >= 4 is 46.1 Å². The second kappa shape index (κ2) is 10.6. The van der Waals surface area contributed by atoms with Crippen LogP contribution in [0.4, 0.5) is 0 Å². The van der Waals surface area contributed by atoms with E-state index in [1.54, 1.807) is 0 Å². The van der Waals surface area contributed by atoms with Gasteiger partial charge in [0.05, 0.1) is 22.4 Å². The summed E-state index contributed by atoms with van der Waals surface area (Å²) in [6.45, 7) is 12.2. The van der Waals surface area contributed by atoms with Gasteiger partial charge in [-0.2, -0.15) is 0 Å². The van der Waals surface area contributed by atoms with Crippen LogP contribution in [0.5, 0.6) is 0 Å². The van der Waals surface area contributed by atoms with Crippen LogP contribution in [0.3, 0.4) is 0 Å². The van der Waals surface area contributed by atoms with Crippen molar-refractivity contribution in [2.24, 2.45) is 0 Å². The topological polar surface area (TPSA) is 9.86 Å². The van der Waals surface area contributed by atoms with Crippen molar-refractivity contribution in [2.75, 3.05) is 0 Å². The van der Waals surface area contributed by atoms with Gasteiger partial charge in [-0.3, -0.25) is 0 Å². The molecule has 6 rings (SSSR count). The highest BCUT2D eigenvalue weighted by Crippen LogP contribution is 2.34. The Kier molecular flexibility index (Phi) is 6.67. The van der Waals surface area contributed by atoms with E-state index in [-0.39, 0.29) is 0 Å². The largest absolute Gasteiger partial charge is 0.309 e. The molecule has 6 aromatic rings. The summed E-state index contributed by atoms with van der Waals surface area (Å²) in [5.74, 6) is 0. The minimum atomic E-state index is 1.09. The second-order valence-electron chi connectivity index (χ2n) is 9.80. The van der Waals surface area contributed by atoms with E-state index in [0.29, 0.717) is 0 Å². The Bertz CT molecular complexity index is 1830. The molecule has 0 saturated heterocycles. The van der Waals surface area contributed by atoms with E-state index in [1.807, 2.05) is 26.0 Å². The summed E-state index contributed by atoms with van der Waals surface area (Å²) in [5, 5.41) is 2.55. The van der Waals surface area contributed by atoms with Crippen LogP contribution in [0, 0.1) is 0 Å². The Labute approximate surface area is 236 Å². The van der Waals surface area contributed by atoms with Gasteiger partial charge in [0.1, 0.15) is 0 Å². The Morgan fingerprint density at radius 1 is 0.500 bits per heavy atom. The van der Waals surface area contributed by atoms with Gasteiger partial charge in [-0.1, -0.05) is 98.1 Å². The van der Waals surface area contributed by atoms with Gasteiger partial charge in [0, 0.05) is 33.3 Å². The lowest BCUT2D eigenvalue weighted by Gasteiger charge is -2.13. The molecule has 40 heavy (non-hydrogen) atoms. The van der Waals surface area contributed by atoms with Crippen LogP contribution in [0.15, 0.2) is 122 Å². The van der Waals surface area contributed by atoms with Crippen molar-refractivity contribution in [1.29, 1.82) is 0 Å². The van der Waals surface area contributed by atoms with Gasteiger partial charge in [0.15, 0.2) is 0 Å². The van der Waals surface area contributed by atoms with Gasteiger partial charge in [-0.25, -0.2) is 0 Å². The molecule has 2 aromatic heterocycles. The van der Waals surface area contributed by atoms with Crippen molar-refractivity contribution in [3.63, 3.8) is 0 Å². The number of hydrogen-bond acceptors (Lipinski definition) is 0. The lowest BCUT2D eigenvalue weighted by atomic mass is 10.0. The first kappa shape index (κ1) is 25.2. The molecule has 0 radical (unpaired) electrons. The van der Waals surface area contributed by atoms with Crippen molar-refractivity contribution in [3.8, 4) is 22.5 Å².